The van der Waals surface area contributed by atoms with Crippen LogP contribution in [0.5, 0.6) is 0 Å². The molecular formula is C25H22BrFN6O2S. The zero-order valence-corrected chi connectivity index (χ0v) is 21.7. The van der Waals surface area contributed by atoms with Gasteiger partial charge in [0, 0.05) is 35.0 Å². The van der Waals surface area contributed by atoms with Crippen molar-refractivity contribution in [1.82, 2.24) is 24.6 Å². The maximum absolute atomic E-state index is 14.8. The molecule has 1 fully saturated rings. The number of hydrogen-bond acceptors (Lipinski definition) is 6. The van der Waals surface area contributed by atoms with Crippen LogP contribution in [0, 0.1) is 12.7 Å². The number of carbonyl (C=O) groups is 2. The van der Waals surface area contributed by atoms with Crippen molar-refractivity contribution in [3.63, 3.8) is 0 Å². The van der Waals surface area contributed by atoms with Crippen molar-refractivity contribution in [3.8, 4) is 0 Å². The lowest BCUT2D eigenvalue weighted by Crippen LogP contribution is -2.31. The third-order valence-corrected chi connectivity index (χ3v) is 7.87. The van der Waals surface area contributed by atoms with E-state index in [4.69, 9.17) is 0 Å². The maximum atomic E-state index is 14.8. The number of pyridine rings is 1. The normalized spacial score (nSPS) is 15.3. The summed E-state index contributed by atoms with van der Waals surface area (Å²) in [5.74, 6) is -1.25. The molecule has 0 radical (unpaired) electrons. The largest absolute Gasteiger partial charge is 0.329 e. The number of thiazole rings is 1. The fourth-order valence-corrected chi connectivity index (χ4v) is 5.43. The van der Waals surface area contributed by atoms with E-state index in [1.54, 1.807) is 52.7 Å². The van der Waals surface area contributed by atoms with E-state index in [0.717, 1.165) is 12.0 Å². The minimum absolute atomic E-state index is 0.0421. The molecule has 11 heteroatoms. The van der Waals surface area contributed by atoms with E-state index in [2.05, 4.69) is 36.3 Å². The quantitative estimate of drug-likeness (QED) is 0.344. The highest BCUT2D eigenvalue weighted by Crippen LogP contribution is 2.36. The minimum atomic E-state index is -0.525. The number of carbonyl (C=O) groups excluding carboxylic acids is 2. The first-order chi connectivity index (χ1) is 17.4. The molecule has 4 aromatic rings. The number of aromatic nitrogens is 4. The first kappa shape index (κ1) is 24.3. The molecule has 3 aromatic heterocycles. The molecule has 0 saturated carbocycles. The third kappa shape index (κ3) is 4.93. The van der Waals surface area contributed by atoms with Gasteiger partial charge in [-0.05, 0) is 49.1 Å². The Morgan fingerprint density at radius 1 is 1.28 bits per heavy atom. The van der Waals surface area contributed by atoms with Gasteiger partial charge in [0.25, 0.3) is 11.8 Å². The molecule has 0 spiro atoms. The Bertz CT molecular complexity index is 1420. The van der Waals surface area contributed by atoms with Crippen LogP contribution in [-0.4, -0.2) is 43.0 Å². The van der Waals surface area contributed by atoms with Crippen LogP contribution >= 0.6 is 27.3 Å². The summed E-state index contributed by atoms with van der Waals surface area (Å²) in [6, 6.07) is 6.69. The number of rotatable bonds is 6. The van der Waals surface area contributed by atoms with E-state index in [9.17, 15) is 14.0 Å². The molecule has 1 aromatic carbocycles. The van der Waals surface area contributed by atoms with Crippen molar-refractivity contribution in [1.29, 1.82) is 0 Å². The fourth-order valence-electron chi connectivity index (χ4n) is 4.18. The van der Waals surface area contributed by atoms with Gasteiger partial charge in [0.05, 0.1) is 30.0 Å². The van der Waals surface area contributed by atoms with Crippen molar-refractivity contribution in [3.05, 3.63) is 92.1 Å². The van der Waals surface area contributed by atoms with Crippen LogP contribution in [0.4, 0.5) is 10.1 Å². The van der Waals surface area contributed by atoms with Crippen molar-refractivity contribution in [2.75, 3.05) is 11.9 Å². The Labute approximate surface area is 219 Å². The Morgan fingerprint density at radius 2 is 2.14 bits per heavy atom. The summed E-state index contributed by atoms with van der Waals surface area (Å²) >= 11 is 4.62. The molecule has 1 aliphatic rings. The smallest absolute Gasteiger partial charge is 0.275 e. The molecule has 0 aliphatic carbocycles. The number of likely N-dealkylation sites (tertiary alicyclic amines) is 1. The molecule has 1 N–H and O–H groups in total. The van der Waals surface area contributed by atoms with Gasteiger partial charge in [0.15, 0.2) is 0 Å². The monoisotopic (exact) mass is 568 g/mol. The van der Waals surface area contributed by atoms with E-state index in [1.807, 2.05) is 12.1 Å². The lowest BCUT2D eigenvalue weighted by molar-refractivity contribution is 0.0730. The van der Waals surface area contributed by atoms with Gasteiger partial charge in [0.1, 0.15) is 16.5 Å². The van der Waals surface area contributed by atoms with Gasteiger partial charge >= 0.3 is 0 Å². The van der Waals surface area contributed by atoms with Gasteiger partial charge in [-0.3, -0.25) is 19.3 Å². The summed E-state index contributed by atoms with van der Waals surface area (Å²) in [4.78, 5) is 36.3. The van der Waals surface area contributed by atoms with Crippen LogP contribution in [0.2, 0.25) is 0 Å². The third-order valence-electron chi connectivity index (χ3n) is 6.06. The molecule has 1 aliphatic heterocycles. The van der Waals surface area contributed by atoms with E-state index in [0.29, 0.717) is 40.2 Å². The topological polar surface area (TPSA) is 93.0 Å². The number of amides is 2. The molecular weight excluding hydrogens is 547 g/mol. The average Bonchev–Trinajstić information content (AvgIpc) is 3.64. The predicted molar refractivity (Wildman–Crippen MR) is 137 cm³/mol. The van der Waals surface area contributed by atoms with Gasteiger partial charge < -0.3 is 10.2 Å². The summed E-state index contributed by atoms with van der Waals surface area (Å²) in [6.45, 7) is 2.68. The summed E-state index contributed by atoms with van der Waals surface area (Å²) in [5.41, 5.74) is 2.25. The van der Waals surface area contributed by atoms with Crippen molar-refractivity contribution >= 4 is 44.8 Å². The van der Waals surface area contributed by atoms with Crippen molar-refractivity contribution < 1.29 is 14.0 Å². The van der Waals surface area contributed by atoms with E-state index in [1.165, 1.54) is 17.4 Å². The molecule has 1 atom stereocenters. The molecule has 1 saturated heterocycles. The van der Waals surface area contributed by atoms with E-state index >= 15 is 0 Å². The summed E-state index contributed by atoms with van der Waals surface area (Å²) in [7, 11) is 0. The number of hydrogen-bond donors (Lipinski definition) is 1. The first-order valence-corrected chi connectivity index (χ1v) is 13.0. The Hall–Kier alpha value is -3.44. The highest BCUT2D eigenvalue weighted by atomic mass is 79.9. The second kappa shape index (κ2) is 10.3. The zero-order chi connectivity index (χ0) is 25.2. The van der Waals surface area contributed by atoms with Crippen LogP contribution in [0.25, 0.3) is 0 Å². The summed E-state index contributed by atoms with van der Waals surface area (Å²) < 4.78 is 17.1. The lowest BCUT2D eigenvalue weighted by Gasteiger charge is -2.23. The van der Waals surface area contributed by atoms with Crippen molar-refractivity contribution in [2.45, 2.75) is 32.4 Å². The van der Waals surface area contributed by atoms with Gasteiger partial charge in [-0.15, -0.1) is 11.3 Å². The molecule has 2 amide bonds. The molecule has 5 rings (SSSR count). The fraction of sp³-hybridized carbons (Fsp3) is 0.240. The molecule has 0 unspecified atom stereocenters. The maximum Gasteiger partial charge on any atom is 0.275 e. The lowest BCUT2D eigenvalue weighted by atomic mass is 10.1. The number of anilines is 1. The molecule has 36 heavy (non-hydrogen) atoms. The second-order valence-electron chi connectivity index (χ2n) is 8.50. The first-order valence-electron chi connectivity index (χ1n) is 11.3. The average molecular weight is 569 g/mol. The highest BCUT2D eigenvalue weighted by molar-refractivity contribution is 9.10. The number of nitrogens with zero attached hydrogens (tertiary/aromatic N) is 5. The van der Waals surface area contributed by atoms with Gasteiger partial charge in [-0.2, -0.15) is 5.10 Å². The molecule has 4 heterocycles. The molecule has 0 bridgehead atoms. The van der Waals surface area contributed by atoms with Crippen LogP contribution in [0.15, 0.2) is 58.9 Å². The molecule has 8 nitrogen and oxygen atoms in total. The number of nitrogens with one attached hydrogen (secondary N) is 1. The Kier molecular flexibility index (Phi) is 6.92. The molecule has 184 valence electrons. The number of benzene rings is 1. The van der Waals surface area contributed by atoms with Crippen LogP contribution in [-0.2, 0) is 6.54 Å². The summed E-state index contributed by atoms with van der Waals surface area (Å²) in [5, 5.41) is 9.44. The SMILES string of the molecule is Cc1c(Br)ccc(C(=O)N2CCC[C@@H]2c2nc(C(=O)Nc3cnn(Cc4cccnc4)c3)cs2)c1F. The van der Waals surface area contributed by atoms with Crippen molar-refractivity contribution in [2.24, 2.45) is 0 Å². The zero-order valence-electron chi connectivity index (χ0n) is 19.3. The van der Waals surface area contributed by atoms with E-state index in [-0.39, 0.29) is 29.1 Å². The Balaban J connectivity index is 1.27. The van der Waals surface area contributed by atoms with Crippen LogP contribution in [0.1, 0.15) is 55.9 Å². The van der Waals surface area contributed by atoms with Gasteiger partial charge in [-0.1, -0.05) is 22.0 Å². The van der Waals surface area contributed by atoms with Gasteiger partial charge in [0.2, 0.25) is 0 Å². The highest BCUT2D eigenvalue weighted by Gasteiger charge is 2.34. The van der Waals surface area contributed by atoms with E-state index < -0.39 is 5.82 Å². The van der Waals surface area contributed by atoms with Gasteiger partial charge in [-0.25, -0.2) is 9.37 Å². The standard InChI is InChI=1S/C25H22BrFN6O2S/c1-15-19(26)7-6-18(22(15)27)25(35)33-9-3-5-21(33)24-31-20(14-36-24)23(34)30-17-11-29-32(13-17)12-16-4-2-8-28-10-16/h2,4,6-8,10-11,13-14,21H,3,5,9,12H2,1H3,(H,30,34)/t21-/m1/s1. The number of halogens is 2. The summed E-state index contributed by atoms with van der Waals surface area (Å²) in [6.07, 6.45) is 8.28. The predicted octanol–water partition coefficient (Wildman–Crippen LogP) is 5.22. The second-order valence-corrected chi connectivity index (χ2v) is 10.2. The Morgan fingerprint density at radius 3 is 2.94 bits per heavy atom. The minimum Gasteiger partial charge on any atom is -0.329 e. The van der Waals surface area contributed by atoms with Crippen LogP contribution in [0.3, 0.4) is 0 Å². The van der Waals surface area contributed by atoms with Crippen LogP contribution < -0.4 is 5.32 Å².